The van der Waals surface area contributed by atoms with E-state index in [0.29, 0.717) is 11.6 Å². The Morgan fingerprint density at radius 3 is 2.81 bits per heavy atom. The first-order chi connectivity index (χ1) is 12.7. The van der Waals surface area contributed by atoms with E-state index in [4.69, 9.17) is 0 Å². The lowest BCUT2D eigenvalue weighted by molar-refractivity contribution is -0.113. The molecule has 0 spiro atoms. The van der Waals surface area contributed by atoms with Crippen LogP contribution < -0.4 is 5.32 Å². The summed E-state index contributed by atoms with van der Waals surface area (Å²) in [6, 6.07) is 18.1. The summed E-state index contributed by atoms with van der Waals surface area (Å²) < 4.78 is 0. The van der Waals surface area contributed by atoms with E-state index >= 15 is 0 Å². The van der Waals surface area contributed by atoms with Crippen LogP contribution in [-0.2, 0) is 4.79 Å². The maximum atomic E-state index is 12.2. The van der Waals surface area contributed by atoms with E-state index in [2.05, 4.69) is 26.6 Å². The number of hydrogen-bond donors (Lipinski definition) is 3. The molecule has 6 heteroatoms. The molecule has 4 rings (SSSR count). The third-order valence-electron chi connectivity index (χ3n) is 4.12. The van der Waals surface area contributed by atoms with Crippen LogP contribution in [0.5, 0.6) is 0 Å². The van der Waals surface area contributed by atoms with Gasteiger partial charge in [0, 0.05) is 33.6 Å². The standard InChI is InChI=1S/C20H18N4OS/c1-13-6-8-14(9-7-13)26-12-20(25)22-19-10-18(23-24-19)16-11-21-17-5-3-2-4-15(16)17/h2-11,21H,12H2,1H3,(H2,22,23,24,25). The molecular weight excluding hydrogens is 344 g/mol. The molecule has 0 aliphatic rings. The van der Waals surface area contributed by atoms with Gasteiger partial charge in [0.15, 0.2) is 5.82 Å². The van der Waals surface area contributed by atoms with Crippen molar-refractivity contribution in [1.29, 1.82) is 0 Å². The van der Waals surface area contributed by atoms with Crippen LogP contribution >= 0.6 is 11.8 Å². The van der Waals surface area contributed by atoms with Gasteiger partial charge in [0.2, 0.25) is 5.91 Å². The summed E-state index contributed by atoms with van der Waals surface area (Å²) in [5.74, 6) is 0.797. The Balaban J connectivity index is 1.41. The van der Waals surface area contributed by atoms with Gasteiger partial charge in [-0.15, -0.1) is 11.8 Å². The molecule has 0 unspecified atom stereocenters. The minimum atomic E-state index is -0.0763. The van der Waals surface area contributed by atoms with Crippen molar-refractivity contribution in [3.63, 3.8) is 0 Å². The molecule has 3 N–H and O–H groups in total. The van der Waals surface area contributed by atoms with Gasteiger partial charge in [-0.3, -0.25) is 9.89 Å². The molecule has 0 aliphatic heterocycles. The number of amides is 1. The van der Waals surface area contributed by atoms with Gasteiger partial charge in [-0.2, -0.15) is 5.10 Å². The first-order valence-electron chi connectivity index (χ1n) is 8.30. The van der Waals surface area contributed by atoms with Crippen molar-refractivity contribution in [2.24, 2.45) is 0 Å². The first-order valence-corrected chi connectivity index (χ1v) is 9.29. The number of carbonyl (C=O) groups is 1. The molecular formula is C20H18N4OS. The van der Waals surface area contributed by atoms with Gasteiger partial charge in [-0.05, 0) is 25.1 Å². The lowest BCUT2D eigenvalue weighted by atomic mass is 10.1. The van der Waals surface area contributed by atoms with Crippen LogP contribution in [0.15, 0.2) is 65.7 Å². The number of nitrogens with zero attached hydrogens (tertiary/aromatic N) is 1. The van der Waals surface area contributed by atoms with Gasteiger partial charge >= 0.3 is 0 Å². The maximum absolute atomic E-state index is 12.2. The Kier molecular flexibility index (Phi) is 4.50. The predicted octanol–water partition coefficient (Wildman–Crippen LogP) is 4.60. The third-order valence-corrected chi connectivity index (χ3v) is 5.13. The quantitative estimate of drug-likeness (QED) is 0.454. The van der Waals surface area contributed by atoms with Gasteiger partial charge in [-0.25, -0.2) is 0 Å². The number of rotatable bonds is 5. The van der Waals surface area contributed by atoms with Crippen LogP contribution in [-0.4, -0.2) is 26.8 Å². The summed E-state index contributed by atoms with van der Waals surface area (Å²) in [6.07, 6.45) is 1.94. The molecule has 26 heavy (non-hydrogen) atoms. The second kappa shape index (κ2) is 7.09. The zero-order valence-electron chi connectivity index (χ0n) is 14.2. The van der Waals surface area contributed by atoms with E-state index in [9.17, 15) is 4.79 Å². The molecule has 130 valence electrons. The zero-order chi connectivity index (χ0) is 17.9. The number of para-hydroxylation sites is 1. The molecule has 5 nitrogen and oxygen atoms in total. The first kappa shape index (κ1) is 16.5. The number of fused-ring (bicyclic) bond motifs is 1. The van der Waals surface area contributed by atoms with E-state index in [0.717, 1.165) is 27.1 Å². The smallest absolute Gasteiger partial charge is 0.235 e. The normalized spacial score (nSPS) is 11.0. The lowest BCUT2D eigenvalue weighted by Gasteiger charge is -2.02. The predicted molar refractivity (Wildman–Crippen MR) is 106 cm³/mol. The van der Waals surface area contributed by atoms with Crippen molar-refractivity contribution < 1.29 is 4.79 Å². The van der Waals surface area contributed by atoms with Gasteiger partial charge in [0.1, 0.15) is 0 Å². The minimum absolute atomic E-state index is 0.0763. The van der Waals surface area contributed by atoms with Crippen molar-refractivity contribution in [3.8, 4) is 11.3 Å². The SMILES string of the molecule is Cc1ccc(SCC(=O)Nc2cc(-c3c[nH]c4ccccc34)[nH]n2)cc1. The van der Waals surface area contributed by atoms with Crippen molar-refractivity contribution in [2.45, 2.75) is 11.8 Å². The monoisotopic (exact) mass is 362 g/mol. The summed E-state index contributed by atoms with van der Waals surface area (Å²) in [5, 5.41) is 11.2. The molecule has 2 aromatic heterocycles. The molecule has 0 saturated heterocycles. The summed E-state index contributed by atoms with van der Waals surface area (Å²) in [6.45, 7) is 2.05. The van der Waals surface area contributed by atoms with Crippen molar-refractivity contribution in [1.82, 2.24) is 15.2 Å². The lowest BCUT2D eigenvalue weighted by Crippen LogP contribution is -2.14. The molecule has 0 bridgehead atoms. The Morgan fingerprint density at radius 1 is 1.15 bits per heavy atom. The Morgan fingerprint density at radius 2 is 1.96 bits per heavy atom. The fourth-order valence-corrected chi connectivity index (χ4v) is 3.48. The van der Waals surface area contributed by atoms with Crippen LogP contribution in [0, 0.1) is 6.92 Å². The Labute approximate surface area is 155 Å². The van der Waals surface area contributed by atoms with Crippen molar-refractivity contribution in [2.75, 3.05) is 11.1 Å². The Bertz CT molecular complexity index is 1050. The number of thioether (sulfide) groups is 1. The number of hydrogen-bond acceptors (Lipinski definition) is 3. The van der Waals surface area contributed by atoms with Gasteiger partial charge in [0.05, 0.1) is 11.4 Å². The molecule has 0 atom stereocenters. The molecule has 0 saturated carbocycles. The van der Waals surface area contributed by atoms with Crippen LogP contribution in [0.25, 0.3) is 22.2 Å². The van der Waals surface area contributed by atoms with Crippen molar-refractivity contribution >= 4 is 34.4 Å². The van der Waals surface area contributed by atoms with E-state index in [-0.39, 0.29) is 5.91 Å². The third kappa shape index (κ3) is 3.50. The molecule has 0 fully saturated rings. The molecule has 4 aromatic rings. The summed E-state index contributed by atoms with van der Waals surface area (Å²) >= 11 is 1.51. The van der Waals surface area contributed by atoms with E-state index in [1.54, 1.807) is 0 Å². The molecule has 2 aromatic carbocycles. The van der Waals surface area contributed by atoms with E-state index < -0.39 is 0 Å². The summed E-state index contributed by atoms with van der Waals surface area (Å²) in [5.41, 5.74) is 4.17. The summed E-state index contributed by atoms with van der Waals surface area (Å²) in [7, 11) is 0. The van der Waals surface area contributed by atoms with Crippen LogP contribution in [0.1, 0.15) is 5.56 Å². The molecule has 0 radical (unpaired) electrons. The fraction of sp³-hybridized carbons (Fsp3) is 0.100. The highest BCUT2D eigenvalue weighted by Gasteiger charge is 2.11. The number of aryl methyl sites for hydroxylation is 1. The molecule has 0 aliphatic carbocycles. The molecule has 2 heterocycles. The number of H-pyrrole nitrogens is 2. The van der Waals surface area contributed by atoms with Crippen LogP contribution in [0.2, 0.25) is 0 Å². The number of carbonyl (C=O) groups excluding carboxylic acids is 1. The van der Waals surface area contributed by atoms with E-state index in [1.165, 1.54) is 17.3 Å². The fourth-order valence-electron chi connectivity index (χ4n) is 2.78. The number of aromatic nitrogens is 3. The highest BCUT2D eigenvalue weighted by molar-refractivity contribution is 8.00. The number of benzene rings is 2. The zero-order valence-corrected chi connectivity index (χ0v) is 15.1. The average Bonchev–Trinajstić information content (AvgIpc) is 3.28. The highest BCUT2D eigenvalue weighted by atomic mass is 32.2. The van der Waals surface area contributed by atoms with Gasteiger partial charge in [0.25, 0.3) is 0 Å². The second-order valence-electron chi connectivity index (χ2n) is 6.06. The van der Waals surface area contributed by atoms with Crippen LogP contribution in [0.3, 0.4) is 0 Å². The number of aromatic amines is 2. The second-order valence-corrected chi connectivity index (χ2v) is 7.11. The number of anilines is 1. The summed E-state index contributed by atoms with van der Waals surface area (Å²) in [4.78, 5) is 16.5. The van der Waals surface area contributed by atoms with Crippen molar-refractivity contribution in [3.05, 3.63) is 66.4 Å². The maximum Gasteiger partial charge on any atom is 0.235 e. The van der Waals surface area contributed by atoms with Gasteiger partial charge in [-0.1, -0.05) is 35.9 Å². The highest BCUT2D eigenvalue weighted by Crippen LogP contribution is 2.28. The van der Waals surface area contributed by atoms with Crippen LogP contribution in [0.4, 0.5) is 5.82 Å². The minimum Gasteiger partial charge on any atom is -0.360 e. The average molecular weight is 362 g/mol. The van der Waals surface area contributed by atoms with E-state index in [1.807, 2.05) is 61.7 Å². The number of nitrogens with one attached hydrogen (secondary N) is 3. The van der Waals surface area contributed by atoms with Gasteiger partial charge < -0.3 is 10.3 Å². The largest absolute Gasteiger partial charge is 0.360 e. The molecule has 1 amide bonds. The Hall–Kier alpha value is -2.99. The topological polar surface area (TPSA) is 73.6 Å².